The Morgan fingerprint density at radius 2 is 1.71 bits per heavy atom. The number of rotatable bonds is 5. The molecule has 0 aliphatic carbocycles. The first-order valence-corrected chi connectivity index (χ1v) is 10.9. The van der Waals surface area contributed by atoms with Crippen molar-refractivity contribution in [2.75, 3.05) is 6.79 Å². The molecule has 3 heterocycles. The van der Waals surface area contributed by atoms with E-state index in [1.54, 1.807) is 30.5 Å². The summed E-state index contributed by atoms with van der Waals surface area (Å²) in [6.45, 7) is 0.726. The third-order valence-corrected chi connectivity index (χ3v) is 5.89. The second kappa shape index (κ2) is 8.89. The molecule has 10 nitrogen and oxygen atoms in total. The number of carbonyl (C=O) groups excluding carboxylic acids is 3. The molecule has 174 valence electrons. The summed E-state index contributed by atoms with van der Waals surface area (Å²) in [7, 11) is 0. The van der Waals surface area contributed by atoms with Crippen molar-refractivity contribution in [3.8, 4) is 11.5 Å². The molecule has 4 amide bonds. The SMILES string of the molecule is O=C1CCC(n2ccc3ccc(CNC(=O)NCc4ccc5c(c4)OCO5)cc3c2=O)C(=O)N1. The Labute approximate surface area is 193 Å². The molecule has 1 atom stereocenters. The van der Waals surface area contributed by atoms with Crippen LogP contribution in [0.5, 0.6) is 11.5 Å². The monoisotopic (exact) mass is 462 g/mol. The van der Waals surface area contributed by atoms with Gasteiger partial charge in [0.1, 0.15) is 6.04 Å². The van der Waals surface area contributed by atoms with Crippen molar-refractivity contribution in [3.05, 3.63) is 70.1 Å². The number of hydrogen-bond donors (Lipinski definition) is 3. The summed E-state index contributed by atoms with van der Waals surface area (Å²) in [6, 6.07) is 11.5. The predicted molar refractivity (Wildman–Crippen MR) is 121 cm³/mol. The van der Waals surface area contributed by atoms with Gasteiger partial charge < -0.3 is 24.7 Å². The number of urea groups is 1. The Balaban J connectivity index is 1.24. The second-order valence-electron chi connectivity index (χ2n) is 8.14. The van der Waals surface area contributed by atoms with Crippen LogP contribution in [-0.2, 0) is 22.7 Å². The molecule has 2 aliphatic rings. The number of piperidine rings is 1. The van der Waals surface area contributed by atoms with Crippen molar-refractivity contribution in [1.29, 1.82) is 0 Å². The van der Waals surface area contributed by atoms with Gasteiger partial charge in [0.2, 0.25) is 18.6 Å². The lowest BCUT2D eigenvalue weighted by Crippen LogP contribution is -2.44. The highest BCUT2D eigenvalue weighted by Crippen LogP contribution is 2.32. The molecule has 1 fully saturated rings. The van der Waals surface area contributed by atoms with E-state index in [1.165, 1.54) is 4.57 Å². The minimum atomic E-state index is -0.724. The molecule has 0 bridgehead atoms. The highest BCUT2D eigenvalue weighted by atomic mass is 16.7. The fourth-order valence-electron chi connectivity index (χ4n) is 4.08. The Morgan fingerprint density at radius 3 is 2.50 bits per heavy atom. The number of carbonyl (C=O) groups is 3. The number of pyridine rings is 1. The molecule has 2 aliphatic heterocycles. The maximum absolute atomic E-state index is 13.1. The van der Waals surface area contributed by atoms with Crippen molar-refractivity contribution in [2.24, 2.45) is 0 Å². The number of fused-ring (bicyclic) bond motifs is 2. The molecule has 0 saturated carbocycles. The molecule has 10 heteroatoms. The number of nitrogens with one attached hydrogen (secondary N) is 3. The van der Waals surface area contributed by atoms with Crippen molar-refractivity contribution in [3.63, 3.8) is 0 Å². The molecule has 0 radical (unpaired) electrons. The van der Waals surface area contributed by atoms with Gasteiger partial charge >= 0.3 is 6.03 Å². The molecule has 1 saturated heterocycles. The van der Waals surface area contributed by atoms with Crippen molar-refractivity contribution < 1.29 is 23.9 Å². The summed E-state index contributed by atoms with van der Waals surface area (Å²) in [6.07, 6.45) is 2.04. The number of aromatic nitrogens is 1. The van der Waals surface area contributed by atoms with Crippen LogP contribution < -0.4 is 31.0 Å². The summed E-state index contributed by atoms with van der Waals surface area (Å²) in [5, 5.41) is 9.01. The minimum Gasteiger partial charge on any atom is -0.454 e. The van der Waals surface area contributed by atoms with E-state index < -0.39 is 11.9 Å². The van der Waals surface area contributed by atoms with E-state index in [9.17, 15) is 19.2 Å². The molecule has 0 spiro atoms. The van der Waals surface area contributed by atoms with E-state index >= 15 is 0 Å². The standard InChI is InChI=1S/C24H22N4O6/c29-21-6-4-18(22(30)27-21)28-8-7-16-3-1-14(9-17(16)23(28)31)11-25-24(32)26-12-15-2-5-19-20(10-15)34-13-33-19/h1-3,5,7-10,18H,4,6,11-13H2,(H2,25,26,32)(H,27,29,30). The molecule has 34 heavy (non-hydrogen) atoms. The van der Waals surface area contributed by atoms with E-state index in [2.05, 4.69) is 16.0 Å². The molecule has 1 unspecified atom stereocenters. The van der Waals surface area contributed by atoms with Crippen molar-refractivity contribution >= 4 is 28.6 Å². The summed E-state index contributed by atoms with van der Waals surface area (Å²) in [5.41, 5.74) is 1.30. The number of hydrogen-bond acceptors (Lipinski definition) is 6. The van der Waals surface area contributed by atoms with Crippen LogP contribution >= 0.6 is 0 Å². The van der Waals surface area contributed by atoms with Crippen LogP contribution in [0.15, 0.2) is 53.5 Å². The van der Waals surface area contributed by atoms with Gasteiger partial charge in [-0.2, -0.15) is 0 Å². The normalized spacial score (nSPS) is 16.9. The molecule has 5 rings (SSSR count). The van der Waals surface area contributed by atoms with Crippen LogP contribution in [0.1, 0.15) is 30.0 Å². The fraction of sp³-hybridized carbons (Fsp3) is 0.250. The maximum Gasteiger partial charge on any atom is 0.315 e. The summed E-state index contributed by atoms with van der Waals surface area (Å²) in [5.74, 6) is 0.523. The van der Waals surface area contributed by atoms with Gasteiger partial charge in [-0.15, -0.1) is 0 Å². The van der Waals surface area contributed by atoms with Crippen LogP contribution in [-0.4, -0.2) is 29.2 Å². The Bertz CT molecular complexity index is 1370. The predicted octanol–water partition coefficient (Wildman–Crippen LogP) is 1.71. The van der Waals surface area contributed by atoms with Gasteiger partial charge in [0.05, 0.1) is 0 Å². The molecule has 1 aromatic heterocycles. The van der Waals surface area contributed by atoms with Gasteiger partial charge in [0.25, 0.3) is 5.56 Å². The third kappa shape index (κ3) is 4.29. The number of amides is 4. The Hall–Kier alpha value is -4.34. The average molecular weight is 462 g/mol. The lowest BCUT2D eigenvalue weighted by Gasteiger charge is -2.23. The number of nitrogens with zero attached hydrogens (tertiary/aromatic N) is 1. The van der Waals surface area contributed by atoms with Crippen LogP contribution in [0.2, 0.25) is 0 Å². The topological polar surface area (TPSA) is 128 Å². The first-order valence-electron chi connectivity index (χ1n) is 10.9. The van der Waals surface area contributed by atoms with Crippen LogP contribution in [0.25, 0.3) is 10.8 Å². The fourth-order valence-corrected chi connectivity index (χ4v) is 4.08. The van der Waals surface area contributed by atoms with Crippen molar-refractivity contribution in [1.82, 2.24) is 20.5 Å². The van der Waals surface area contributed by atoms with Gasteiger partial charge in [-0.3, -0.25) is 19.7 Å². The van der Waals surface area contributed by atoms with Crippen molar-refractivity contribution in [2.45, 2.75) is 32.0 Å². The lowest BCUT2D eigenvalue weighted by molar-refractivity contribution is -0.135. The van der Waals surface area contributed by atoms with E-state index in [-0.39, 0.29) is 43.7 Å². The average Bonchev–Trinajstić information content (AvgIpc) is 3.30. The molecule has 2 aromatic carbocycles. The quantitative estimate of drug-likeness (QED) is 0.496. The van der Waals surface area contributed by atoms with E-state index in [0.29, 0.717) is 23.4 Å². The highest BCUT2D eigenvalue weighted by Gasteiger charge is 2.28. The van der Waals surface area contributed by atoms with Crippen LogP contribution in [0, 0.1) is 0 Å². The molecule has 3 N–H and O–H groups in total. The second-order valence-corrected chi connectivity index (χ2v) is 8.14. The first kappa shape index (κ1) is 21.5. The largest absolute Gasteiger partial charge is 0.454 e. The summed E-state index contributed by atoms with van der Waals surface area (Å²) in [4.78, 5) is 48.9. The zero-order valence-electron chi connectivity index (χ0n) is 18.1. The van der Waals surface area contributed by atoms with Gasteiger partial charge in [0.15, 0.2) is 11.5 Å². The van der Waals surface area contributed by atoms with E-state index in [1.807, 2.05) is 18.2 Å². The smallest absolute Gasteiger partial charge is 0.315 e. The minimum absolute atomic E-state index is 0.187. The van der Waals surface area contributed by atoms with Crippen LogP contribution in [0.3, 0.4) is 0 Å². The number of benzene rings is 2. The molecular weight excluding hydrogens is 440 g/mol. The van der Waals surface area contributed by atoms with E-state index in [4.69, 9.17) is 9.47 Å². The zero-order chi connectivity index (χ0) is 23.7. The van der Waals surface area contributed by atoms with Gasteiger partial charge in [-0.25, -0.2) is 4.79 Å². The lowest BCUT2D eigenvalue weighted by atomic mass is 10.0. The molecule has 3 aromatic rings. The van der Waals surface area contributed by atoms with E-state index in [0.717, 1.165) is 16.5 Å². The van der Waals surface area contributed by atoms with Gasteiger partial charge in [-0.05, 0) is 47.2 Å². The third-order valence-electron chi connectivity index (χ3n) is 5.89. The zero-order valence-corrected chi connectivity index (χ0v) is 18.1. The molecular formula is C24H22N4O6. The van der Waals surface area contributed by atoms with Gasteiger partial charge in [0, 0.05) is 31.1 Å². The van der Waals surface area contributed by atoms with Gasteiger partial charge in [-0.1, -0.05) is 18.2 Å². The number of ether oxygens (including phenoxy) is 2. The highest BCUT2D eigenvalue weighted by molar-refractivity contribution is 5.99. The summed E-state index contributed by atoms with van der Waals surface area (Å²) < 4.78 is 12.0. The summed E-state index contributed by atoms with van der Waals surface area (Å²) >= 11 is 0. The maximum atomic E-state index is 13.1. The van der Waals surface area contributed by atoms with Crippen LogP contribution in [0.4, 0.5) is 4.79 Å². The first-order chi connectivity index (χ1) is 16.5. The Morgan fingerprint density at radius 1 is 0.971 bits per heavy atom. The number of imide groups is 1. The Kier molecular flexibility index (Phi) is 5.62.